The Kier molecular flexibility index (Phi) is 5.34. The molecule has 2 aromatic carbocycles. The van der Waals surface area contributed by atoms with Gasteiger partial charge in [-0.3, -0.25) is 9.78 Å². The minimum Gasteiger partial charge on any atom is -0.368 e. The smallest absolute Gasteiger partial charge is 0.255 e. The van der Waals surface area contributed by atoms with Crippen LogP contribution in [0.15, 0.2) is 78.1 Å². The third-order valence-electron chi connectivity index (χ3n) is 5.67. The number of piperazine rings is 1. The molecule has 0 spiro atoms. The number of rotatable bonds is 4. The molecule has 0 atom stereocenters. The van der Waals surface area contributed by atoms with Crippen molar-refractivity contribution in [1.82, 2.24) is 19.7 Å². The van der Waals surface area contributed by atoms with Gasteiger partial charge in [0.15, 0.2) is 0 Å². The van der Waals surface area contributed by atoms with E-state index in [-0.39, 0.29) is 5.91 Å². The van der Waals surface area contributed by atoms with Gasteiger partial charge in [-0.15, -0.1) is 11.8 Å². The molecular weight excluding hydrogens is 406 g/mol. The minimum absolute atomic E-state index is 0.0509. The van der Waals surface area contributed by atoms with Gasteiger partial charge in [0.1, 0.15) is 5.03 Å². The molecule has 3 heterocycles. The number of carbonyl (C=O) groups is 1. The van der Waals surface area contributed by atoms with Gasteiger partial charge in [-0.2, -0.15) is 5.10 Å². The highest BCUT2D eigenvalue weighted by Gasteiger charge is 2.23. The zero-order valence-corrected chi connectivity index (χ0v) is 18.1. The lowest BCUT2D eigenvalue weighted by atomic mass is 10.2. The summed E-state index contributed by atoms with van der Waals surface area (Å²) in [5.74, 6) is 0.0509. The number of para-hydroxylation sites is 1. The number of thioether (sulfide) groups is 1. The van der Waals surface area contributed by atoms with Crippen LogP contribution in [0.2, 0.25) is 0 Å². The van der Waals surface area contributed by atoms with Gasteiger partial charge in [0.25, 0.3) is 5.91 Å². The Morgan fingerprint density at radius 1 is 0.935 bits per heavy atom. The largest absolute Gasteiger partial charge is 0.368 e. The van der Waals surface area contributed by atoms with E-state index in [4.69, 9.17) is 5.10 Å². The van der Waals surface area contributed by atoms with Crippen LogP contribution in [0.1, 0.15) is 10.4 Å². The number of benzene rings is 2. The molecule has 1 saturated heterocycles. The first kappa shape index (κ1) is 19.6. The van der Waals surface area contributed by atoms with Gasteiger partial charge in [-0.1, -0.05) is 18.2 Å². The van der Waals surface area contributed by atoms with Crippen molar-refractivity contribution in [2.75, 3.05) is 37.3 Å². The number of nitrogens with zero attached hydrogens (tertiary/aromatic N) is 5. The second-order valence-electron chi connectivity index (χ2n) is 7.48. The van der Waals surface area contributed by atoms with Crippen LogP contribution >= 0.6 is 11.8 Å². The van der Waals surface area contributed by atoms with Crippen LogP contribution in [0, 0.1) is 0 Å². The number of fused-ring (bicyclic) bond motifs is 1. The monoisotopic (exact) mass is 429 g/mol. The quantitative estimate of drug-likeness (QED) is 0.457. The molecule has 1 aliphatic heterocycles. The standard InChI is InChI=1S/C24H23N5OS/c1-31-23-21-10-9-20(16-22(21)29(26-23)19-7-3-2-4-8-19)27-12-14-28(15-13-27)24(30)18-6-5-11-25-17-18/h2-11,16-17H,12-15H2,1H3. The van der Waals surface area contributed by atoms with E-state index in [2.05, 4.69) is 46.5 Å². The molecule has 0 unspecified atom stereocenters. The van der Waals surface area contributed by atoms with E-state index < -0.39 is 0 Å². The molecule has 2 aromatic heterocycles. The fraction of sp³-hybridized carbons (Fsp3) is 0.208. The number of hydrogen-bond acceptors (Lipinski definition) is 5. The molecule has 6 nitrogen and oxygen atoms in total. The van der Waals surface area contributed by atoms with Gasteiger partial charge in [0.05, 0.1) is 16.8 Å². The summed E-state index contributed by atoms with van der Waals surface area (Å²) >= 11 is 1.66. The van der Waals surface area contributed by atoms with Crippen molar-refractivity contribution in [3.8, 4) is 5.69 Å². The molecule has 1 fully saturated rings. The first-order valence-electron chi connectivity index (χ1n) is 10.3. The highest BCUT2D eigenvalue weighted by atomic mass is 32.2. The number of aromatic nitrogens is 3. The molecule has 0 saturated carbocycles. The number of anilines is 1. The Balaban J connectivity index is 1.39. The molecule has 0 radical (unpaired) electrons. The predicted molar refractivity (Wildman–Crippen MR) is 125 cm³/mol. The molecule has 7 heteroatoms. The van der Waals surface area contributed by atoms with Gasteiger partial charge >= 0.3 is 0 Å². The number of carbonyl (C=O) groups excluding carboxylic acids is 1. The molecule has 0 N–H and O–H groups in total. The van der Waals surface area contributed by atoms with E-state index in [0.29, 0.717) is 18.7 Å². The number of amides is 1. The second-order valence-corrected chi connectivity index (χ2v) is 8.27. The van der Waals surface area contributed by atoms with Crippen LogP contribution in [0.3, 0.4) is 0 Å². The third-order valence-corrected chi connectivity index (χ3v) is 6.35. The summed E-state index contributed by atoms with van der Waals surface area (Å²) in [6, 6.07) is 20.4. The van der Waals surface area contributed by atoms with Crippen LogP contribution in [0.25, 0.3) is 16.6 Å². The summed E-state index contributed by atoms with van der Waals surface area (Å²) in [5, 5.41) is 7.02. The van der Waals surface area contributed by atoms with E-state index in [1.54, 1.807) is 30.2 Å². The Morgan fingerprint density at radius 2 is 1.74 bits per heavy atom. The van der Waals surface area contributed by atoms with E-state index in [1.807, 2.05) is 33.8 Å². The third kappa shape index (κ3) is 3.77. The minimum atomic E-state index is 0.0509. The topological polar surface area (TPSA) is 54.3 Å². The first-order chi connectivity index (χ1) is 15.2. The van der Waals surface area contributed by atoms with Crippen molar-refractivity contribution in [3.05, 3.63) is 78.6 Å². The molecule has 0 bridgehead atoms. The van der Waals surface area contributed by atoms with Crippen LogP contribution in [0.4, 0.5) is 5.69 Å². The fourth-order valence-corrected chi connectivity index (χ4v) is 4.58. The normalized spacial score (nSPS) is 14.2. The number of hydrogen-bond donors (Lipinski definition) is 0. The predicted octanol–water partition coefficient (Wildman–Crippen LogP) is 4.10. The Hall–Kier alpha value is -3.32. The Bertz CT molecular complexity index is 1200. The van der Waals surface area contributed by atoms with E-state index >= 15 is 0 Å². The highest BCUT2D eigenvalue weighted by molar-refractivity contribution is 7.98. The zero-order chi connectivity index (χ0) is 21.2. The van der Waals surface area contributed by atoms with Gasteiger partial charge in [0, 0.05) is 49.6 Å². The average Bonchev–Trinajstić information content (AvgIpc) is 3.23. The molecule has 156 valence electrons. The molecule has 1 aliphatic rings. The van der Waals surface area contributed by atoms with Crippen molar-refractivity contribution in [1.29, 1.82) is 0 Å². The summed E-state index contributed by atoms with van der Waals surface area (Å²) in [5.41, 5.74) is 3.96. The fourth-order valence-electron chi connectivity index (χ4n) is 4.03. The second kappa shape index (κ2) is 8.43. The Morgan fingerprint density at radius 3 is 2.45 bits per heavy atom. The van der Waals surface area contributed by atoms with Gasteiger partial charge in [0.2, 0.25) is 0 Å². The SMILES string of the molecule is CSc1nn(-c2ccccc2)c2cc(N3CCN(C(=O)c4cccnc4)CC3)ccc12. The molecule has 5 rings (SSSR count). The van der Waals surface area contributed by atoms with E-state index in [0.717, 1.165) is 40.4 Å². The van der Waals surface area contributed by atoms with Crippen molar-refractivity contribution in [2.45, 2.75) is 5.03 Å². The van der Waals surface area contributed by atoms with E-state index in [9.17, 15) is 4.79 Å². The van der Waals surface area contributed by atoms with Gasteiger partial charge < -0.3 is 9.80 Å². The van der Waals surface area contributed by atoms with Crippen LogP contribution in [-0.2, 0) is 0 Å². The maximum Gasteiger partial charge on any atom is 0.255 e. The molecule has 1 amide bonds. The van der Waals surface area contributed by atoms with Crippen molar-refractivity contribution < 1.29 is 4.79 Å². The van der Waals surface area contributed by atoms with Crippen LogP contribution in [-0.4, -0.2) is 58.0 Å². The number of pyridine rings is 1. The lowest BCUT2D eigenvalue weighted by Crippen LogP contribution is -2.48. The van der Waals surface area contributed by atoms with Crippen LogP contribution < -0.4 is 4.90 Å². The Labute approximate surface area is 185 Å². The van der Waals surface area contributed by atoms with Crippen LogP contribution in [0.5, 0.6) is 0 Å². The van der Waals surface area contributed by atoms with Gasteiger partial charge in [-0.25, -0.2) is 4.68 Å². The van der Waals surface area contributed by atoms with Gasteiger partial charge in [-0.05, 0) is 48.7 Å². The lowest BCUT2D eigenvalue weighted by molar-refractivity contribution is 0.0746. The average molecular weight is 430 g/mol. The summed E-state index contributed by atoms with van der Waals surface area (Å²) in [6.07, 6.45) is 5.38. The lowest BCUT2D eigenvalue weighted by Gasteiger charge is -2.36. The van der Waals surface area contributed by atoms with E-state index in [1.165, 1.54) is 0 Å². The highest BCUT2D eigenvalue weighted by Crippen LogP contribution is 2.31. The first-order valence-corrected chi connectivity index (χ1v) is 11.5. The summed E-state index contributed by atoms with van der Waals surface area (Å²) in [6.45, 7) is 2.98. The van der Waals surface area contributed by atoms with Crippen molar-refractivity contribution in [3.63, 3.8) is 0 Å². The van der Waals surface area contributed by atoms with Crippen molar-refractivity contribution in [2.24, 2.45) is 0 Å². The molecule has 31 heavy (non-hydrogen) atoms. The molecule has 4 aromatic rings. The van der Waals surface area contributed by atoms with Crippen molar-refractivity contribution >= 4 is 34.3 Å². The molecule has 0 aliphatic carbocycles. The maximum atomic E-state index is 12.7. The summed E-state index contributed by atoms with van der Waals surface area (Å²) < 4.78 is 2.02. The zero-order valence-electron chi connectivity index (χ0n) is 17.3. The summed E-state index contributed by atoms with van der Waals surface area (Å²) in [7, 11) is 0. The molecular formula is C24H23N5OS. The maximum absolute atomic E-state index is 12.7. The summed E-state index contributed by atoms with van der Waals surface area (Å²) in [4.78, 5) is 21.0.